The molecular formula is C22H24N4OS. The van der Waals surface area contributed by atoms with Crippen LogP contribution in [0.25, 0.3) is 0 Å². The summed E-state index contributed by atoms with van der Waals surface area (Å²) >= 11 is 5.78. The Bertz CT molecular complexity index is 956. The molecule has 1 aliphatic rings. The van der Waals surface area contributed by atoms with E-state index in [1.54, 1.807) is 7.11 Å². The van der Waals surface area contributed by atoms with Crippen LogP contribution in [0.1, 0.15) is 29.0 Å². The number of anilines is 1. The third-order valence-electron chi connectivity index (χ3n) is 5.08. The van der Waals surface area contributed by atoms with Crippen molar-refractivity contribution in [2.75, 3.05) is 18.6 Å². The molecule has 1 saturated heterocycles. The largest absolute Gasteiger partial charge is 0.383 e. The topological polar surface area (TPSA) is 42.3 Å². The maximum Gasteiger partial charge on any atom is 0.174 e. The summed E-state index contributed by atoms with van der Waals surface area (Å²) in [5, 5.41) is 4.22. The molecule has 2 atom stereocenters. The van der Waals surface area contributed by atoms with E-state index in [1.165, 1.54) is 11.3 Å². The van der Waals surface area contributed by atoms with Crippen molar-refractivity contribution >= 4 is 23.0 Å². The predicted molar refractivity (Wildman–Crippen MR) is 115 cm³/mol. The molecule has 0 bridgehead atoms. The number of thiocarbonyl (C=S) groups is 1. The van der Waals surface area contributed by atoms with Gasteiger partial charge in [0.2, 0.25) is 0 Å². The Morgan fingerprint density at radius 3 is 2.79 bits per heavy atom. The number of hydrogen-bond donors (Lipinski definition) is 1. The molecule has 0 amide bonds. The molecule has 1 aromatic carbocycles. The molecule has 0 saturated carbocycles. The van der Waals surface area contributed by atoms with Crippen molar-refractivity contribution in [2.45, 2.75) is 25.6 Å². The second-order valence-electron chi connectivity index (χ2n) is 6.95. The van der Waals surface area contributed by atoms with E-state index >= 15 is 0 Å². The molecule has 6 heteroatoms. The van der Waals surface area contributed by atoms with E-state index in [0.717, 1.165) is 17.9 Å². The number of aromatic nitrogens is 2. The van der Waals surface area contributed by atoms with Crippen LogP contribution in [0.3, 0.4) is 0 Å². The van der Waals surface area contributed by atoms with E-state index in [2.05, 4.69) is 75.4 Å². The summed E-state index contributed by atoms with van der Waals surface area (Å²) in [6.07, 6.45) is 3.93. The fourth-order valence-corrected chi connectivity index (χ4v) is 4.15. The highest BCUT2D eigenvalue weighted by atomic mass is 32.1. The first-order valence-corrected chi connectivity index (χ1v) is 9.81. The fourth-order valence-electron chi connectivity index (χ4n) is 3.80. The molecule has 1 fully saturated rings. The zero-order valence-electron chi connectivity index (χ0n) is 16.1. The monoisotopic (exact) mass is 392 g/mol. The number of aryl methyl sites for hydroxylation is 1. The van der Waals surface area contributed by atoms with Gasteiger partial charge in [0, 0.05) is 37.4 Å². The van der Waals surface area contributed by atoms with Crippen LogP contribution >= 0.6 is 12.2 Å². The lowest BCUT2D eigenvalue weighted by Gasteiger charge is -2.29. The summed E-state index contributed by atoms with van der Waals surface area (Å²) in [6, 6.07) is 18.7. The third kappa shape index (κ3) is 3.53. The summed E-state index contributed by atoms with van der Waals surface area (Å²) < 4.78 is 7.54. The zero-order chi connectivity index (χ0) is 19.5. The smallest absolute Gasteiger partial charge is 0.174 e. The quantitative estimate of drug-likeness (QED) is 0.642. The Morgan fingerprint density at radius 2 is 2.04 bits per heavy atom. The predicted octanol–water partition coefficient (Wildman–Crippen LogP) is 4.02. The molecule has 0 spiro atoms. The van der Waals surface area contributed by atoms with Gasteiger partial charge in [-0.25, -0.2) is 0 Å². The van der Waals surface area contributed by atoms with Crippen molar-refractivity contribution in [2.24, 2.45) is 0 Å². The Hall–Kier alpha value is -2.70. The van der Waals surface area contributed by atoms with E-state index in [9.17, 15) is 0 Å². The number of benzene rings is 1. The normalized spacial score (nSPS) is 19.1. The molecule has 4 rings (SSSR count). The summed E-state index contributed by atoms with van der Waals surface area (Å²) in [7, 11) is 1.73. The molecule has 0 unspecified atom stereocenters. The Labute approximate surface area is 171 Å². The van der Waals surface area contributed by atoms with E-state index < -0.39 is 0 Å². The van der Waals surface area contributed by atoms with Gasteiger partial charge in [0.15, 0.2) is 5.11 Å². The van der Waals surface area contributed by atoms with Crippen LogP contribution in [-0.4, -0.2) is 28.4 Å². The van der Waals surface area contributed by atoms with Gasteiger partial charge in [-0.05, 0) is 61.1 Å². The van der Waals surface area contributed by atoms with Crippen LogP contribution in [-0.2, 0) is 11.3 Å². The van der Waals surface area contributed by atoms with E-state index in [-0.39, 0.29) is 12.1 Å². The van der Waals surface area contributed by atoms with Gasteiger partial charge >= 0.3 is 0 Å². The number of pyridine rings is 1. The molecule has 0 aliphatic carbocycles. The second-order valence-corrected chi connectivity index (χ2v) is 7.34. The SMILES string of the molecule is COCCn1cccc1[C@H]1[C@H](c2ccccn2)NC(=S)N1c1cccc(C)c1. The first kappa shape index (κ1) is 18.7. The van der Waals surface area contributed by atoms with Gasteiger partial charge in [0.25, 0.3) is 0 Å². The third-order valence-corrected chi connectivity index (χ3v) is 5.40. The van der Waals surface area contributed by atoms with E-state index in [4.69, 9.17) is 17.0 Å². The molecular weight excluding hydrogens is 368 g/mol. The van der Waals surface area contributed by atoms with Crippen LogP contribution < -0.4 is 10.2 Å². The number of nitrogens with one attached hydrogen (secondary N) is 1. The number of ether oxygens (including phenoxy) is 1. The van der Waals surface area contributed by atoms with Gasteiger partial charge in [-0.3, -0.25) is 4.98 Å². The number of methoxy groups -OCH3 is 1. The summed E-state index contributed by atoms with van der Waals surface area (Å²) in [4.78, 5) is 6.82. The van der Waals surface area contributed by atoms with Gasteiger partial charge in [-0.15, -0.1) is 0 Å². The molecule has 3 aromatic rings. The lowest BCUT2D eigenvalue weighted by atomic mass is 10.0. The Kier molecular flexibility index (Phi) is 5.41. The van der Waals surface area contributed by atoms with Crippen molar-refractivity contribution < 1.29 is 4.74 Å². The zero-order valence-corrected chi connectivity index (χ0v) is 16.9. The molecule has 5 nitrogen and oxygen atoms in total. The minimum atomic E-state index is -0.0367. The number of hydrogen-bond acceptors (Lipinski definition) is 3. The number of rotatable bonds is 6. The van der Waals surface area contributed by atoms with Crippen molar-refractivity contribution in [1.29, 1.82) is 0 Å². The van der Waals surface area contributed by atoms with Crippen molar-refractivity contribution in [1.82, 2.24) is 14.9 Å². The minimum absolute atomic E-state index is 0.00365. The summed E-state index contributed by atoms with van der Waals surface area (Å²) in [5.74, 6) is 0. The lowest BCUT2D eigenvalue weighted by molar-refractivity contribution is 0.186. The number of nitrogens with zero attached hydrogens (tertiary/aromatic N) is 3. The van der Waals surface area contributed by atoms with Crippen molar-refractivity contribution in [3.8, 4) is 0 Å². The average Bonchev–Trinajstić information content (AvgIpc) is 3.30. The molecule has 3 heterocycles. The van der Waals surface area contributed by atoms with Crippen molar-refractivity contribution in [3.05, 3.63) is 83.9 Å². The molecule has 1 aliphatic heterocycles. The first-order chi connectivity index (χ1) is 13.7. The molecule has 0 radical (unpaired) electrons. The van der Waals surface area contributed by atoms with E-state index in [0.29, 0.717) is 11.7 Å². The van der Waals surface area contributed by atoms with Crippen LogP contribution in [0.4, 0.5) is 5.69 Å². The van der Waals surface area contributed by atoms with Crippen molar-refractivity contribution in [3.63, 3.8) is 0 Å². The molecule has 144 valence electrons. The summed E-state index contributed by atoms with van der Waals surface area (Å²) in [5.41, 5.74) is 4.45. The van der Waals surface area contributed by atoms with Gasteiger partial charge in [0.1, 0.15) is 6.04 Å². The van der Waals surface area contributed by atoms with Gasteiger partial charge < -0.3 is 19.5 Å². The van der Waals surface area contributed by atoms with Gasteiger partial charge in [0.05, 0.1) is 18.3 Å². The van der Waals surface area contributed by atoms with Crippen LogP contribution in [0.2, 0.25) is 0 Å². The first-order valence-electron chi connectivity index (χ1n) is 9.40. The Balaban J connectivity index is 1.81. The highest BCUT2D eigenvalue weighted by molar-refractivity contribution is 7.80. The van der Waals surface area contributed by atoms with Crippen LogP contribution in [0.5, 0.6) is 0 Å². The highest BCUT2D eigenvalue weighted by Crippen LogP contribution is 2.41. The van der Waals surface area contributed by atoms with E-state index in [1.807, 2.05) is 18.3 Å². The van der Waals surface area contributed by atoms with Crippen LogP contribution in [0, 0.1) is 6.92 Å². The maximum atomic E-state index is 5.78. The average molecular weight is 393 g/mol. The second kappa shape index (κ2) is 8.12. The van der Waals surface area contributed by atoms with Gasteiger partial charge in [-0.2, -0.15) is 0 Å². The maximum absolute atomic E-state index is 5.78. The standard InChI is InChI=1S/C22H24N4OS/c1-16-7-5-8-17(15-16)26-21(19-10-6-12-25(19)13-14-27-2)20(24-22(26)28)18-9-3-4-11-23-18/h3-12,15,20-21H,13-14H2,1-2H3,(H,24,28)/t20-,21-/m0/s1. The summed E-state index contributed by atoms with van der Waals surface area (Å²) in [6.45, 7) is 3.55. The minimum Gasteiger partial charge on any atom is -0.383 e. The fraction of sp³-hybridized carbons (Fsp3) is 0.273. The highest BCUT2D eigenvalue weighted by Gasteiger charge is 2.41. The Morgan fingerprint density at radius 1 is 1.14 bits per heavy atom. The molecule has 2 aromatic heterocycles. The van der Waals surface area contributed by atoms with Gasteiger partial charge in [-0.1, -0.05) is 18.2 Å². The molecule has 28 heavy (non-hydrogen) atoms. The van der Waals surface area contributed by atoms with Crippen LogP contribution in [0.15, 0.2) is 67.0 Å². The molecule has 1 N–H and O–H groups in total. The lowest BCUT2D eigenvalue weighted by Crippen LogP contribution is -2.30.